The highest BCUT2D eigenvalue weighted by Crippen LogP contribution is 2.08. The van der Waals surface area contributed by atoms with Gasteiger partial charge in [0.1, 0.15) is 5.60 Å². The molecule has 9 heteroatoms. The molecule has 3 N–H and O–H groups in total. The van der Waals surface area contributed by atoms with Crippen molar-refractivity contribution in [2.24, 2.45) is 0 Å². The number of alkyl carbamates (subject to hydrolysis) is 1. The van der Waals surface area contributed by atoms with E-state index in [2.05, 4.69) is 10.3 Å². The van der Waals surface area contributed by atoms with Crippen LogP contribution >= 0.6 is 0 Å². The van der Waals surface area contributed by atoms with Gasteiger partial charge in [-0.3, -0.25) is 14.6 Å². The molecule has 0 bridgehead atoms. The van der Waals surface area contributed by atoms with Crippen LogP contribution in [-0.2, 0) is 16.1 Å². The molecule has 1 aromatic rings. The highest BCUT2D eigenvalue weighted by Gasteiger charge is 2.21. The number of carbonyl (C=O) groups is 2. The maximum atomic E-state index is 11.8. The molecule has 0 aliphatic rings. The van der Waals surface area contributed by atoms with Crippen LogP contribution in [0.15, 0.2) is 15.8 Å². The summed E-state index contributed by atoms with van der Waals surface area (Å²) in [5, 5.41) is 11.4. The smallest absolute Gasteiger partial charge is 0.407 e. The van der Waals surface area contributed by atoms with Gasteiger partial charge in [-0.25, -0.2) is 9.59 Å². The largest absolute Gasteiger partial charge is 0.481 e. The maximum absolute atomic E-state index is 11.8. The molecule has 1 atom stereocenters. The van der Waals surface area contributed by atoms with E-state index in [-0.39, 0.29) is 19.4 Å². The monoisotopic (exact) mass is 341 g/mol. The van der Waals surface area contributed by atoms with Gasteiger partial charge in [0.15, 0.2) is 0 Å². The van der Waals surface area contributed by atoms with Crippen LogP contribution in [0.4, 0.5) is 4.79 Å². The molecule has 0 radical (unpaired) electrons. The van der Waals surface area contributed by atoms with Crippen LogP contribution in [0.5, 0.6) is 0 Å². The summed E-state index contributed by atoms with van der Waals surface area (Å²) >= 11 is 0. The van der Waals surface area contributed by atoms with Crippen molar-refractivity contribution in [1.82, 2.24) is 14.9 Å². The summed E-state index contributed by atoms with van der Waals surface area (Å²) in [5.74, 6) is -1.08. The number of amides is 1. The van der Waals surface area contributed by atoms with Gasteiger partial charge in [-0.05, 0) is 34.1 Å². The average Bonchev–Trinajstić information content (AvgIpc) is 2.38. The Morgan fingerprint density at radius 2 is 2.00 bits per heavy atom. The summed E-state index contributed by atoms with van der Waals surface area (Å²) in [6.07, 6.45) is 0.554. The molecule has 24 heavy (non-hydrogen) atoms. The van der Waals surface area contributed by atoms with Crippen molar-refractivity contribution in [3.05, 3.63) is 32.6 Å². The molecule has 1 heterocycles. The minimum Gasteiger partial charge on any atom is -0.481 e. The molecular formula is C15H23N3O6. The van der Waals surface area contributed by atoms with E-state index in [0.29, 0.717) is 5.56 Å². The molecule has 0 aliphatic heterocycles. The SMILES string of the molecule is Cc1cn(CC[C@H](CC(=O)O)NC(=O)OC(C)(C)C)c(=O)[nH]c1=O. The van der Waals surface area contributed by atoms with Crippen molar-refractivity contribution in [1.29, 1.82) is 0 Å². The number of rotatable bonds is 6. The van der Waals surface area contributed by atoms with Crippen LogP contribution in [0.1, 0.15) is 39.2 Å². The first-order valence-corrected chi connectivity index (χ1v) is 7.49. The minimum atomic E-state index is -1.08. The average molecular weight is 341 g/mol. The number of hydrogen-bond acceptors (Lipinski definition) is 5. The lowest BCUT2D eigenvalue weighted by molar-refractivity contribution is -0.137. The van der Waals surface area contributed by atoms with Crippen molar-refractivity contribution in [3.63, 3.8) is 0 Å². The van der Waals surface area contributed by atoms with Crippen LogP contribution in [-0.4, -0.2) is 38.4 Å². The van der Waals surface area contributed by atoms with E-state index in [0.717, 1.165) is 0 Å². The molecule has 0 aliphatic carbocycles. The Bertz CT molecular complexity index is 713. The number of nitrogens with zero attached hydrogens (tertiary/aromatic N) is 1. The first kappa shape index (κ1) is 19.5. The van der Waals surface area contributed by atoms with E-state index in [9.17, 15) is 19.2 Å². The first-order chi connectivity index (χ1) is 11.0. The number of carboxylic acids is 1. The summed E-state index contributed by atoms with van der Waals surface area (Å²) in [7, 11) is 0. The van der Waals surface area contributed by atoms with Crippen LogP contribution < -0.4 is 16.6 Å². The topological polar surface area (TPSA) is 130 Å². The standard InChI is InChI=1S/C15H23N3O6/c1-9-8-18(13(22)17-12(9)21)6-5-10(7-11(19)20)16-14(23)24-15(2,3)4/h8,10H,5-7H2,1-4H3,(H,16,23)(H,19,20)(H,17,21,22)/t10-/m1/s1. The zero-order valence-corrected chi connectivity index (χ0v) is 14.2. The van der Waals surface area contributed by atoms with Gasteiger partial charge in [-0.2, -0.15) is 0 Å². The summed E-state index contributed by atoms with van der Waals surface area (Å²) in [6, 6.07) is -0.712. The van der Waals surface area contributed by atoms with Crippen molar-refractivity contribution >= 4 is 12.1 Å². The number of hydrogen-bond donors (Lipinski definition) is 3. The number of carbonyl (C=O) groups excluding carboxylic acids is 1. The molecule has 1 amide bonds. The minimum absolute atomic E-state index is 0.143. The number of aromatic amines is 1. The summed E-state index contributed by atoms with van der Waals surface area (Å²) in [4.78, 5) is 47.9. The van der Waals surface area contributed by atoms with Gasteiger partial charge >= 0.3 is 17.8 Å². The van der Waals surface area contributed by atoms with E-state index >= 15 is 0 Å². The van der Waals surface area contributed by atoms with E-state index < -0.39 is 35.0 Å². The highest BCUT2D eigenvalue weighted by molar-refractivity contribution is 5.71. The zero-order chi connectivity index (χ0) is 18.5. The van der Waals surface area contributed by atoms with Crippen LogP contribution in [0.25, 0.3) is 0 Å². The number of aryl methyl sites for hydroxylation is 2. The van der Waals surface area contributed by atoms with Crippen molar-refractivity contribution in [3.8, 4) is 0 Å². The van der Waals surface area contributed by atoms with E-state index in [1.165, 1.54) is 10.8 Å². The molecule has 0 saturated heterocycles. The molecule has 0 saturated carbocycles. The molecule has 0 aromatic carbocycles. The highest BCUT2D eigenvalue weighted by atomic mass is 16.6. The van der Waals surface area contributed by atoms with Crippen molar-refractivity contribution in [2.45, 2.75) is 58.7 Å². The molecule has 134 valence electrons. The van der Waals surface area contributed by atoms with E-state index in [4.69, 9.17) is 9.84 Å². The third-order valence-electron chi connectivity index (χ3n) is 3.05. The van der Waals surface area contributed by atoms with Gasteiger partial charge in [-0.15, -0.1) is 0 Å². The molecular weight excluding hydrogens is 318 g/mol. The van der Waals surface area contributed by atoms with Crippen LogP contribution in [0.2, 0.25) is 0 Å². The first-order valence-electron chi connectivity index (χ1n) is 7.49. The zero-order valence-electron chi connectivity index (χ0n) is 14.2. The van der Waals surface area contributed by atoms with Gasteiger partial charge in [-0.1, -0.05) is 0 Å². The van der Waals surface area contributed by atoms with Crippen molar-refractivity contribution in [2.75, 3.05) is 0 Å². The number of nitrogens with one attached hydrogen (secondary N) is 2. The lowest BCUT2D eigenvalue weighted by Crippen LogP contribution is -2.41. The lowest BCUT2D eigenvalue weighted by atomic mass is 10.1. The predicted octanol–water partition coefficient (Wildman–Crippen LogP) is 0.603. The molecule has 9 nitrogen and oxygen atoms in total. The number of H-pyrrole nitrogens is 1. The maximum Gasteiger partial charge on any atom is 0.407 e. The molecule has 1 aromatic heterocycles. The Morgan fingerprint density at radius 3 is 2.54 bits per heavy atom. The van der Waals surface area contributed by atoms with Gasteiger partial charge in [0, 0.05) is 24.3 Å². The van der Waals surface area contributed by atoms with Crippen LogP contribution in [0.3, 0.4) is 0 Å². The Labute approximate surface area is 138 Å². The van der Waals surface area contributed by atoms with Gasteiger partial charge in [0.25, 0.3) is 5.56 Å². The second-order valence-corrected chi connectivity index (χ2v) is 6.49. The third-order valence-corrected chi connectivity index (χ3v) is 3.05. The second kappa shape index (κ2) is 7.80. The fraction of sp³-hybridized carbons (Fsp3) is 0.600. The second-order valence-electron chi connectivity index (χ2n) is 6.49. The van der Waals surface area contributed by atoms with E-state index in [1.54, 1.807) is 27.7 Å². The van der Waals surface area contributed by atoms with Crippen molar-refractivity contribution < 1.29 is 19.4 Å². The Hall–Kier alpha value is -2.58. The molecule has 0 spiro atoms. The van der Waals surface area contributed by atoms with E-state index in [1.807, 2.05) is 0 Å². The predicted molar refractivity (Wildman–Crippen MR) is 86.1 cm³/mol. The lowest BCUT2D eigenvalue weighted by Gasteiger charge is -2.23. The number of aromatic nitrogens is 2. The van der Waals surface area contributed by atoms with Crippen LogP contribution in [0, 0.1) is 6.92 Å². The Balaban J connectivity index is 2.78. The number of ether oxygens (including phenoxy) is 1. The summed E-state index contributed by atoms with van der Waals surface area (Å²) < 4.78 is 6.37. The number of aliphatic carboxylic acids is 1. The normalized spacial score (nSPS) is 12.5. The molecule has 0 fully saturated rings. The summed E-state index contributed by atoms with van der Waals surface area (Å²) in [6.45, 7) is 6.79. The Kier molecular flexibility index (Phi) is 6.33. The molecule has 0 unspecified atom stereocenters. The van der Waals surface area contributed by atoms with Gasteiger partial charge in [0.2, 0.25) is 0 Å². The summed E-state index contributed by atoms with van der Waals surface area (Å²) in [5.41, 5.74) is -1.39. The third kappa shape index (κ3) is 6.67. The Morgan fingerprint density at radius 1 is 1.38 bits per heavy atom. The molecule has 1 rings (SSSR count). The van der Waals surface area contributed by atoms with Gasteiger partial charge in [0.05, 0.1) is 6.42 Å². The fourth-order valence-corrected chi connectivity index (χ4v) is 1.99. The quantitative estimate of drug-likeness (QED) is 0.694. The number of carboxylic acid groups (broad SMARTS) is 1. The van der Waals surface area contributed by atoms with Gasteiger partial charge < -0.3 is 19.7 Å². The fourth-order valence-electron chi connectivity index (χ4n) is 1.99.